The zero-order valence-corrected chi connectivity index (χ0v) is 4.67. The van der Waals surface area contributed by atoms with Crippen LogP contribution in [0.4, 0.5) is 0 Å². The van der Waals surface area contributed by atoms with E-state index in [-0.39, 0.29) is 18.6 Å². The van der Waals surface area contributed by atoms with Crippen molar-refractivity contribution in [3.63, 3.8) is 0 Å². The lowest BCUT2D eigenvalue weighted by molar-refractivity contribution is 0.104. The van der Waals surface area contributed by atoms with Gasteiger partial charge in [0.15, 0.2) is 0 Å². The van der Waals surface area contributed by atoms with Crippen molar-refractivity contribution < 1.29 is 10.2 Å². The summed E-state index contributed by atoms with van der Waals surface area (Å²) in [6, 6.07) is 0. The molecule has 1 heterocycles. The highest BCUT2D eigenvalue weighted by atomic mass is 16.3. The Hall–Kier alpha value is -0.120. The van der Waals surface area contributed by atoms with Crippen LogP contribution < -0.4 is 5.32 Å². The van der Waals surface area contributed by atoms with Gasteiger partial charge in [-0.05, 0) is 0 Å². The second-order valence-corrected chi connectivity index (χ2v) is 2.17. The zero-order valence-electron chi connectivity index (χ0n) is 4.67. The maximum absolute atomic E-state index is 8.97. The summed E-state index contributed by atoms with van der Waals surface area (Å²) in [5.74, 6) is 0.0648. The van der Waals surface area contributed by atoms with Gasteiger partial charge < -0.3 is 15.5 Å². The van der Waals surface area contributed by atoms with E-state index in [4.69, 9.17) is 10.2 Å². The van der Waals surface area contributed by atoms with Crippen LogP contribution in [-0.4, -0.2) is 36.0 Å². The van der Waals surface area contributed by atoms with Crippen molar-refractivity contribution in [1.82, 2.24) is 5.32 Å². The molecule has 1 fully saturated rings. The Morgan fingerprint density at radius 2 is 2.25 bits per heavy atom. The van der Waals surface area contributed by atoms with Crippen molar-refractivity contribution in [2.45, 2.75) is 6.10 Å². The van der Waals surface area contributed by atoms with Gasteiger partial charge in [-0.25, -0.2) is 0 Å². The molecule has 3 heteroatoms. The molecule has 2 atom stereocenters. The van der Waals surface area contributed by atoms with Crippen LogP contribution in [-0.2, 0) is 0 Å². The van der Waals surface area contributed by atoms with Gasteiger partial charge in [-0.2, -0.15) is 0 Å². The third-order valence-electron chi connectivity index (χ3n) is 1.54. The van der Waals surface area contributed by atoms with Crippen molar-refractivity contribution in [3.05, 3.63) is 0 Å². The molecule has 0 aromatic rings. The van der Waals surface area contributed by atoms with E-state index < -0.39 is 0 Å². The van der Waals surface area contributed by atoms with Crippen LogP contribution in [0.5, 0.6) is 0 Å². The summed E-state index contributed by atoms with van der Waals surface area (Å²) in [7, 11) is 0. The van der Waals surface area contributed by atoms with E-state index in [1.807, 2.05) is 0 Å². The van der Waals surface area contributed by atoms with Crippen LogP contribution in [0.15, 0.2) is 0 Å². The average molecular weight is 117 g/mol. The van der Waals surface area contributed by atoms with E-state index in [9.17, 15) is 0 Å². The lowest BCUT2D eigenvalue weighted by Gasteiger charge is -2.06. The summed E-state index contributed by atoms with van der Waals surface area (Å²) in [5, 5.41) is 20.5. The van der Waals surface area contributed by atoms with Gasteiger partial charge in [0.2, 0.25) is 0 Å². The molecule has 3 nitrogen and oxygen atoms in total. The largest absolute Gasteiger partial charge is 0.396 e. The molecule has 1 saturated heterocycles. The highest BCUT2D eigenvalue weighted by Gasteiger charge is 2.23. The van der Waals surface area contributed by atoms with Crippen LogP contribution in [0.2, 0.25) is 0 Å². The average Bonchev–Trinajstić information content (AvgIpc) is 2.14. The fourth-order valence-corrected chi connectivity index (χ4v) is 0.906. The van der Waals surface area contributed by atoms with Gasteiger partial charge in [-0.1, -0.05) is 0 Å². The summed E-state index contributed by atoms with van der Waals surface area (Å²) >= 11 is 0. The minimum Gasteiger partial charge on any atom is -0.396 e. The lowest BCUT2D eigenvalue weighted by Crippen LogP contribution is -2.20. The molecule has 0 saturated carbocycles. The number of hydrogen-bond acceptors (Lipinski definition) is 3. The Bertz CT molecular complexity index is 76.8. The van der Waals surface area contributed by atoms with Gasteiger partial charge in [0.05, 0.1) is 6.10 Å². The maximum Gasteiger partial charge on any atom is 0.0726 e. The van der Waals surface area contributed by atoms with E-state index >= 15 is 0 Å². The van der Waals surface area contributed by atoms with Crippen LogP contribution in [0, 0.1) is 5.92 Å². The van der Waals surface area contributed by atoms with E-state index in [1.54, 1.807) is 0 Å². The van der Waals surface area contributed by atoms with Crippen molar-refractivity contribution in [2.75, 3.05) is 19.7 Å². The van der Waals surface area contributed by atoms with Crippen LogP contribution in [0.3, 0.4) is 0 Å². The highest BCUT2D eigenvalue weighted by molar-refractivity contribution is 4.79. The number of aliphatic hydroxyl groups is 2. The Morgan fingerprint density at radius 3 is 2.50 bits per heavy atom. The fraction of sp³-hybridized carbons (Fsp3) is 1.00. The predicted molar refractivity (Wildman–Crippen MR) is 29.5 cm³/mol. The third-order valence-corrected chi connectivity index (χ3v) is 1.54. The molecular weight excluding hydrogens is 106 g/mol. The second kappa shape index (κ2) is 2.44. The molecule has 0 aromatic carbocycles. The molecule has 0 aromatic heterocycles. The van der Waals surface area contributed by atoms with Crippen molar-refractivity contribution in [3.8, 4) is 0 Å². The summed E-state index contributed by atoms with van der Waals surface area (Å²) in [6.07, 6.45) is -0.333. The van der Waals surface area contributed by atoms with Crippen molar-refractivity contribution in [1.29, 1.82) is 0 Å². The van der Waals surface area contributed by atoms with Gasteiger partial charge >= 0.3 is 0 Å². The Balaban J connectivity index is 2.30. The highest BCUT2D eigenvalue weighted by Crippen LogP contribution is 2.05. The molecule has 0 aliphatic carbocycles. The SMILES string of the molecule is OC[C@H]1CNC[C@H]1O. The first-order chi connectivity index (χ1) is 3.84. The molecule has 48 valence electrons. The van der Waals surface area contributed by atoms with E-state index in [0.29, 0.717) is 6.54 Å². The van der Waals surface area contributed by atoms with Crippen LogP contribution in [0.25, 0.3) is 0 Å². The predicted octanol–water partition coefficient (Wildman–Crippen LogP) is -1.44. The molecule has 0 spiro atoms. The van der Waals surface area contributed by atoms with E-state index in [1.165, 1.54) is 0 Å². The first kappa shape index (κ1) is 6.01. The fourth-order valence-electron chi connectivity index (χ4n) is 0.906. The Kier molecular flexibility index (Phi) is 1.83. The molecule has 3 N–H and O–H groups in total. The minimum atomic E-state index is -0.333. The number of rotatable bonds is 1. The zero-order chi connectivity index (χ0) is 5.98. The molecule has 0 radical (unpaired) electrons. The first-order valence-corrected chi connectivity index (χ1v) is 2.84. The summed E-state index contributed by atoms with van der Waals surface area (Å²) in [4.78, 5) is 0. The number of β-amino-alcohol motifs (C(OH)–C–C–N with tert-alkyl or cyclic N) is 1. The molecule has 1 aliphatic rings. The van der Waals surface area contributed by atoms with E-state index in [2.05, 4.69) is 5.32 Å². The van der Waals surface area contributed by atoms with Crippen molar-refractivity contribution in [2.24, 2.45) is 5.92 Å². The molecule has 8 heavy (non-hydrogen) atoms. The van der Waals surface area contributed by atoms with E-state index in [0.717, 1.165) is 6.54 Å². The molecule has 0 bridgehead atoms. The van der Waals surface area contributed by atoms with Crippen LogP contribution >= 0.6 is 0 Å². The second-order valence-electron chi connectivity index (χ2n) is 2.17. The molecule has 0 unspecified atom stereocenters. The number of nitrogens with one attached hydrogen (secondary N) is 1. The standard InChI is InChI=1S/C5H11NO2/c7-3-4-1-6-2-5(4)8/h4-8H,1-3H2/t4-,5-/m1/s1. The smallest absolute Gasteiger partial charge is 0.0726 e. The minimum absolute atomic E-state index is 0.0648. The normalized spacial score (nSPS) is 38.2. The third kappa shape index (κ3) is 0.992. The molecule has 1 rings (SSSR count). The van der Waals surface area contributed by atoms with Crippen LogP contribution in [0.1, 0.15) is 0 Å². The maximum atomic E-state index is 8.97. The van der Waals surface area contributed by atoms with Gasteiger partial charge in [0.1, 0.15) is 0 Å². The Morgan fingerprint density at radius 1 is 1.50 bits per heavy atom. The van der Waals surface area contributed by atoms with Gasteiger partial charge in [-0.3, -0.25) is 0 Å². The van der Waals surface area contributed by atoms with Gasteiger partial charge in [0.25, 0.3) is 0 Å². The Labute approximate surface area is 48.3 Å². The number of aliphatic hydroxyl groups excluding tert-OH is 2. The van der Waals surface area contributed by atoms with Gasteiger partial charge in [0, 0.05) is 25.6 Å². The quantitative estimate of drug-likeness (QED) is 0.394. The molecular formula is C5H11NO2. The topological polar surface area (TPSA) is 52.5 Å². The summed E-state index contributed by atoms with van der Waals surface area (Å²) < 4.78 is 0. The van der Waals surface area contributed by atoms with Gasteiger partial charge in [-0.15, -0.1) is 0 Å². The number of hydrogen-bond donors (Lipinski definition) is 3. The lowest BCUT2D eigenvalue weighted by atomic mass is 10.1. The van der Waals surface area contributed by atoms with Crippen molar-refractivity contribution >= 4 is 0 Å². The summed E-state index contributed by atoms with van der Waals surface area (Å²) in [6.45, 7) is 1.47. The molecule has 1 aliphatic heterocycles. The summed E-state index contributed by atoms with van der Waals surface area (Å²) in [5.41, 5.74) is 0. The monoisotopic (exact) mass is 117 g/mol. The first-order valence-electron chi connectivity index (χ1n) is 2.84. The molecule has 0 amide bonds.